The second-order valence-electron chi connectivity index (χ2n) is 7.32. The lowest BCUT2D eigenvalue weighted by atomic mass is 10.2. The fourth-order valence-electron chi connectivity index (χ4n) is 1.94. The second kappa shape index (κ2) is 6.12. The molecular weight excluding hydrogens is 292 g/mol. The first kappa shape index (κ1) is 18.2. The lowest BCUT2D eigenvalue weighted by Gasteiger charge is -2.26. The molecular formula is C14H28N2O4S. The number of nitrogens with one attached hydrogen (secondary N) is 1. The van der Waals surface area contributed by atoms with Crippen LogP contribution in [0.3, 0.4) is 0 Å². The molecule has 1 N–H and O–H groups in total. The zero-order chi connectivity index (χ0) is 16.5. The Hall–Kier alpha value is -0.820. The summed E-state index contributed by atoms with van der Waals surface area (Å²) in [4.78, 5) is 13.6. The van der Waals surface area contributed by atoms with Gasteiger partial charge in [0, 0.05) is 31.9 Å². The maximum Gasteiger partial charge on any atom is 0.410 e. The van der Waals surface area contributed by atoms with Gasteiger partial charge < -0.3 is 15.0 Å². The molecule has 0 aromatic carbocycles. The molecule has 124 valence electrons. The topological polar surface area (TPSA) is 75.7 Å². The summed E-state index contributed by atoms with van der Waals surface area (Å²) in [5, 5.41) is 3.25. The fourth-order valence-corrected chi connectivity index (χ4v) is 2.29. The van der Waals surface area contributed by atoms with Crippen molar-refractivity contribution in [1.29, 1.82) is 0 Å². The predicted octanol–water partition coefficient (Wildman–Crippen LogP) is 1.41. The van der Waals surface area contributed by atoms with Gasteiger partial charge in [-0.15, -0.1) is 0 Å². The van der Waals surface area contributed by atoms with Crippen LogP contribution >= 0.6 is 0 Å². The summed E-state index contributed by atoms with van der Waals surface area (Å²) < 4.78 is 27.8. The number of carbonyl (C=O) groups excluding carboxylic acids is 1. The van der Waals surface area contributed by atoms with E-state index in [2.05, 4.69) is 5.32 Å². The van der Waals surface area contributed by atoms with Crippen molar-refractivity contribution in [3.8, 4) is 0 Å². The number of sulfone groups is 1. The molecule has 1 atom stereocenters. The van der Waals surface area contributed by atoms with Crippen molar-refractivity contribution in [3.63, 3.8) is 0 Å². The van der Waals surface area contributed by atoms with Crippen LogP contribution in [0.1, 0.15) is 41.0 Å². The van der Waals surface area contributed by atoms with Crippen molar-refractivity contribution in [2.24, 2.45) is 0 Å². The first-order valence-electron chi connectivity index (χ1n) is 7.23. The number of amides is 1. The highest BCUT2D eigenvalue weighted by atomic mass is 32.2. The maximum atomic E-state index is 11.9. The van der Waals surface area contributed by atoms with E-state index in [0.29, 0.717) is 19.6 Å². The Morgan fingerprint density at radius 2 is 1.86 bits per heavy atom. The minimum absolute atomic E-state index is 0.110. The van der Waals surface area contributed by atoms with E-state index in [1.807, 2.05) is 20.8 Å². The molecule has 1 aliphatic heterocycles. The van der Waals surface area contributed by atoms with Crippen LogP contribution in [0, 0.1) is 0 Å². The molecule has 1 rings (SSSR count). The fraction of sp³-hybridized carbons (Fsp3) is 0.929. The van der Waals surface area contributed by atoms with Gasteiger partial charge in [0.25, 0.3) is 0 Å². The molecule has 1 unspecified atom stereocenters. The molecule has 0 radical (unpaired) electrons. The van der Waals surface area contributed by atoms with E-state index >= 15 is 0 Å². The van der Waals surface area contributed by atoms with Crippen LogP contribution in [0.2, 0.25) is 0 Å². The number of likely N-dealkylation sites (tertiary alicyclic amines) is 1. The Morgan fingerprint density at radius 1 is 1.29 bits per heavy atom. The molecule has 0 aromatic heterocycles. The Kier molecular flexibility index (Phi) is 5.31. The number of ether oxygens (including phenoxy) is 1. The van der Waals surface area contributed by atoms with E-state index in [1.165, 1.54) is 6.26 Å². The van der Waals surface area contributed by atoms with E-state index in [9.17, 15) is 13.2 Å². The second-order valence-corrected chi connectivity index (χ2v) is 9.97. The third kappa shape index (κ3) is 5.47. The first-order valence-corrected chi connectivity index (χ1v) is 9.12. The van der Waals surface area contributed by atoms with Crippen LogP contribution in [0.25, 0.3) is 0 Å². The number of nitrogens with zero attached hydrogens (tertiary/aromatic N) is 1. The van der Waals surface area contributed by atoms with Crippen LogP contribution < -0.4 is 5.32 Å². The average molecular weight is 320 g/mol. The van der Waals surface area contributed by atoms with Gasteiger partial charge in [0.1, 0.15) is 5.60 Å². The van der Waals surface area contributed by atoms with Gasteiger partial charge >= 0.3 is 6.09 Å². The predicted molar refractivity (Wildman–Crippen MR) is 83.1 cm³/mol. The Morgan fingerprint density at radius 3 is 2.33 bits per heavy atom. The summed E-state index contributed by atoms with van der Waals surface area (Å²) >= 11 is 0. The summed E-state index contributed by atoms with van der Waals surface area (Å²) in [5.41, 5.74) is -0.499. The molecule has 0 aromatic rings. The van der Waals surface area contributed by atoms with Gasteiger partial charge in [0.05, 0.1) is 4.75 Å². The molecule has 1 saturated heterocycles. The molecule has 1 aliphatic rings. The zero-order valence-electron chi connectivity index (χ0n) is 13.9. The van der Waals surface area contributed by atoms with E-state index in [1.54, 1.807) is 18.7 Å². The smallest absolute Gasteiger partial charge is 0.410 e. The molecule has 1 fully saturated rings. The van der Waals surface area contributed by atoms with Crippen molar-refractivity contribution < 1.29 is 17.9 Å². The lowest BCUT2D eigenvalue weighted by Crippen LogP contribution is -2.46. The van der Waals surface area contributed by atoms with Gasteiger partial charge in [-0.1, -0.05) is 0 Å². The highest BCUT2D eigenvalue weighted by Gasteiger charge is 2.33. The molecule has 0 aliphatic carbocycles. The van der Waals surface area contributed by atoms with Crippen LogP contribution in [-0.2, 0) is 14.6 Å². The normalized spacial score (nSPS) is 20.7. The van der Waals surface area contributed by atoms with Gasteiger partial charge in [-0.05, 0) is 41.0 Å². The first-order chi connectivity index (χ1) is 9.32. The highest BCUT2D eigenvalue weighted by molar-refractivity contribution is 7.92. The van der Waals surface area contributed by atoms with Crippen LogP contribution in [0.15, 0.2) is 0 Å². The van der Waals surface area contributed by atoms with Crippen LogP contribution in [0.4, 0.5) is 4.79 Å². The summed E-state index contributed by atoms with van der Waals surface area (Å²) in [6.07, 6.45) is 1.74. The number of rotatable bonds is 4. The van der Waals surface area contributed by atoms with Gasteiger partial charge in [-0.25, -0.2) is 13.2 Å². The van der Waals surface area contributed by atoms with Crippen molar-refractivity contribution in [3.05, 3.63) is 0 Å². The van der Waals surface area contributed by atoms with Gasteiger partial charge in [-0.3, -0.25) is 0 Å². The Labute approximate surface area is 128 Å². The van der Waals surface area contributed by atoms with Crippen LogP contribution in [0.5, 0.6) is 0 Å². The Bertz CT molecular complexity index is 480. The van der Waals surface area contributed by atoms with Gasteiger partial charge in [0.15, 0.2) is 9.84 Å². The third-order valence-electron chi connectivity index (χ3n) is 3.66. The molecule has 0 bridgehead atoms. The summed E-state index contributed by atoms with van der Waals surface area (Å²) in [5.74, 6) is 0. The van der Waals surface area contributed by atoms with E-state index in [4.69, 9.17) is 4.74 Å². The van der Waals surface area contributed by atoms with E-state index in [-0.39, 0.29) is 12.1 Å². The van der Waals surface area contributed by atoms with E-state index in [0.717, 1.165) is 6.42 Å². The molecule has 6 nitrogen and oxygen atoms in total. The summed E-state index contributed by atoms with van der Waals surface area (Å²) in [6.45, 7) is 10.5. The maximum absolute atomic E-state index is 11.9. The lowest BCUT2D eigenvalue weighted by molar-refractivity contribution is 0.0291. The van der Waals surface area contributed by atoms with Crippen molar-refractivity contribution in [2.45, 2.75) is 57.4 Å². The number of hydrogen-bond donors (Lipinski definition) is 1. The standard InChI is InChI=1S/C14H28N2O4S/c1-13(2,3)20-12(17)16-8-7-11(9-16)15-10-14(4,5)21(6,18)19/h11,15H,7-10H2,1-6H3. The van der Waals surface area contributed by atoms with Gasteiger partial charge in [-0.2, -0.15) is 0 Å². The minimum Gasteiger partial charge on any atom is -0.444 e. The third-order valence-corrected chi connectivity index (χ3v) is 5.81. The molecule has 21 heavy (non-hydrogen) atoms. The number of carbonyl (C=O) groups is 1. The molecule has 0 spiro atoms. The molecule has 7 heteroatoms. The van der Waals surface area contributed by atoms with Gasteiger partial charge in [0.2, 0.25) is 0 Å². The van der Waals surface area contributed by atoms with Crippen LogP contribution in [-0.4, -0.2) is 61.7 Å². The summed E-state index contributed by atoms with van der Waals surface area (Å²) in [7, 11) is -3.12. The largest absolute Gasteiger partial charge is 0.444 e. The zero-order valence-corrected chi connectivity index (χ0v) is 14.7. The van der Waals surface area contributed by atoms with Crippen molar-refractivity contribution in [2.75, 3.05) is 25.9 Å². The minimum atomic E-state index is -3.12. The Balaban J connectivity index is 2.48. The van der Waals surface area contributed by atoms with Crippen molar-refractivity contribution in [1.82, 2.24) is 10.2 Å². The number of hydrogen-bond acceptors (Lipinski definition) is 5. The molecule has 1 heterocycles. The summed E-state index contributed by atoms with van der Waals surface area (Å²) in [6, 6.07) is 0.110. The SMILES string of the molecule is CC(C)(C)OC(=O)N1CCC(NCC(C)(C)S(C)(=O)=O)C1. The average Bonchev–Trinajstić information content (AvgIpc) is 2.71. The van der Waals surface area contributed by atoms with Crippen molar-refractivity contribution >= 4 is 15.9 Å². The quantitative estimate of drug-likeness (QED) is 0.847. The molecule has 0 saturated carbocycles. The molecule has 1 amide bonds. The monoisotopic (exact) mass is 320 g/mol. The highest BCUT2D eigenvalue weighted by Crippen LogP contribution is 2.18. The van der Waals surface area contributed by atoms with E-state index < -0.39 is 20.2 Å².